The molecule has 2 nitrogen and oxygen atoms in total. The van der Waals surface area contributed by atoms with Crippen LogP contribution >= 0.6 is 0 Å². The molecule has 2 aromatic rings. The maximum atomic E-state index is 13.6. The van der Waals surface area contributed by atoms with E-state index in [1.807, 2.05) is 0 Å². The number of alkyl halides is 3. The Kier molecular flexibility index (Phi) is 3.94. The third-order valence-corrected chi connectivity index (χ3v) is 2.65. The molecule has 0 spiro atoms. The van der Waals surface area contributed by atoms with Gasteiger partial charge in [0.05, 0.1) is 5.56 Å². The van der Waals surface area contributed by atoms with Gasteiger partial charge >= 0.3 is 6.18 Å². The molecule has 0 bridgehead atoms. The molecular formula is C14H11F4NO. The van der Waals surface area contributed by atoms with Gasteiger partial charge in [0.15, 0.2) is 11.6 Å². The quantitative estimate of drug-likeness (QED) is 0.862. The maximum Gasteiger partial charge on any atom is 0.416 e. The van der Waals surface area contributed by atoms with Crippen molar-refractivity contribution < 1.29 is 22.3 Å². The van der Waals surface area contributed by atoms with Crippen LogP contribution in [0.15, 0.2) is 42.5 Å². The first-order chi connectivity index (χ1) is 9.40. The van der Waals surface area contributed by atoms with E-state index in [0.717, 1.165) is 17.7 Å². The van der Waals surface area contributed by atoms with Crippen molar-refractivity contribution in [2.24, 2.45) is 5.73 Å². The smallest absolute Gasteiger partial charge is 0.416 e. The number of rotatable bonds is 3. The standard InChI is InChI=1S/C14H11F4NO/c15-12-7-10(14(16,17)18)3-6-13(12)20-11-4-1-9(8-19)2-5-11/h1-7H,8,19H2. The van der Waals surface area contributed by atoms with E-state index >= 15 is 0 Å². The zero-order valence-electron chi connectivity index (χ0n) is 10.2. The van der Waals surface area contributed by atoms with Crippen LogP contribution in [0.2, 0.25) is 0 Å². The molecule has 0 saturated heterocycles. The number of hydrogen-bond acceptors (Lipinski definition) is 2. The highest BCUT2D eigenvalue weighted by Gasteiger charge is 2.31. The lowest BCUT2D eigenvalue weighted by molar-refractivity contribution is -0.137. The molecule has 0 saturated carbocycles. The SMILES string of the molecule is NCc1ccc(Oc2ccc(C(F)(F)F)cc2F)cc1. The highest BCUT2D eigenvalue weighted by molar-refractivity contribution is 5.36. The van der Waals surface area contributed by atoms with Gasteiger partial charge in [-0.1, -0.05) is 12.1 Å². The molecule has 0 fully saturated rings. The van der Waals surface area contributed by atoms with E-state index in [9.17, 15) is 17.6 Å². The van der Waals surface area contributed by atoms with Gasteiger partial charge in [-0.25, -0.2) is 4.39 Å². The third kappa shape index (κ3) is 3.27. The Morgan fingerprint density at radius 1 is 1.00 bits per heavy atom. The summed E-state index contributed by atoms with van der Waals surface area (Å²) in [5.41, 5.74) is 5.24. The van der Waals surface area contributed by atoms with Gasteiger partial charge in [0.2, 0.25) is 0 Å². The summed E-state index contributed by atoms with van der Waals surface area (Å²) in [5, 5.41) is 0. The number of nitrogens with two attached hydrogens (primary N) is 1. The lowest BCUT2D eigenvalue weighted by Gasteiger charge is -2.10. The molecule has 0 atom stereocenters. The Morgan fingerprint density at radius 2 is 1.65 bits per heavy atom. The second-order valence-corrected chi connectivity index (χ2v) is 4.09. The van der Waals surface area contributed by atoms with E-state index in [4.69, 9.17) is 10.5 Å². The highest BCUT2D eigenvalue weighted by atomic mass is 19.4. The highest BCUT2D eigenvalue weighted by Crippen LogP contribution is 2.33. The van der Waals surface area contributed by atoms with Crippen LogP contribution in [0, 0.1) is 5.82 Å². The molecule has 0 aliphatic heterocycles. The van der Waals surface area contributed by atoms with Gasteiger partial charge in [-0.3, -0.25) is 0 Å². The molecule has 2 N–H and O–H groups in total. The van der Waals surface area contributed by atoms with Crippen LogP contribution in [0.4, 0.5) is 17.6 Å². The molecule has 2 aromatic carbocycles. The minimum atomic E-state index is -4.58. The number of benzene rings is 2. The van der Waals surface area contributed by atoms with Crippen molar-refractivity contribution in [1.82, 2.24) is 0 Å². The van der Waals surface area contributed by atoms with Crippen LogP contribution < -0.4 is 10.5 Å². The van der Waals surface area contributed by atoms with Gasteiger partial charge in [-0.15, -0.1) is 0 Å². The summed E-state index contributed by atoms with van der Waals surface area (Å²) in [5.74, 6) is -1.01. The van der Waals surface area contributed by atoms with E-state index in [2.05, 4.69) is 0 Å². The lowest BCUT2D eigenvalue weighted by Crippen LogP contribution is -2.05. The summed E-state index contributed by atoms with van der Waals surface area (Å²) in [7, 11) is 0. The van der Waals surface area contributed by atoms with Crippen LogP contribution in [0.1, 0.15) is 11.1 Å². The summed E-state index contributed by atoms with van der Waals surface area (Å²) >= 11 is 0. The summed E-state index contributed by atoms with van der Waals surface area (Å²) < 4.78 is 55.9. The molecule has 106 valence electrons. The first-order valence-electron chi connectivity index (χ1n) is 5.74. The molecule has 0 unspecified atom stereocenters. The molecular weight excluding hydrogens is 274 g/mol. The van der Waals surface area contributed by atoms with Gasteiger partial charge in [-0.05, 0) is 35.9 Å². The summed E-state index contributed by atoms with van der Waals surface area (Å²) in [6.45, 7) is 0.356. The van der Waals surface area contributed by atoms with Gasteiger partial charge in [0.25, 0.3) is 0 Å². The molecule has 20 heavy (non-hydrogen) atoms. The van der Waals surface area contributed by atoms with Crippen molar-refractivity contribution in [3.63, 3.8) is 0 Å². The van der Waals surface area contributed by atoms with Crippen molar-refractivity contribution in [2.75, 3.05) is 0 Å². The largest absolute Gasteiger partial charge is 0.454 e. The van der Waals surface area contributed by atoms with E-state index < -0.39 is 17.6 Å². The third-order valence-electron chi connectivity index (χ3n) is 2.65. The Morgan fingerprint density at radius 3 is 2.15 bits per heavy atom. The van der Waals surface area contributed by atoms with Gasteiger partial charge < -0.3 is 10.5 Å². The van der Waals surface area contributed by atoms with Crippen molar-refractivity contribution in [2.45, 2.75) is 12.7 Å². The van der Waals surface area contributed by atoms with Crippen LogP contribution in [0.25, 0.3) is 0 Å². The van der Waals surface area contributed by atoms with E-state index in [0.29, 0.717) is 18.4 Å². The average molecular weight is 285 g/mol. The predicted molar refractivity (Wildman–Crippen MR) is 65.8 cm³/mol. The average Bonchev–Trinajstić information content (AvgIpc) is 2.41. The Balaban J connectivity index is 2.21. The van der Waals surface area contributed by atoms with Gasteiger partial charge in [-0.2, -0.15) is 13.2 Å². The normalized spacial score (nSPS) is 11.4. The molecule has 0 amide bonds. The molecule has 2 rings (SSSR count). The molecule has 0 aliphatic rings. The second kappa shape index (κ2) is 5.50. The van der Waals surface area contributed by atoms with Crippen LogP contribution in [0.5, 0.6) is 11.5 Å². The van der Waals surface area contributed by atoms with Crippen LogP contribution in [0.3, 0.4) is 0 Å². The fourth-order valence-corrected chi connectivity index (χ4v) is 1.58. The summed E-state index contributed by atoms with van der Waals surface area (Å²) in [4.78, 5) is 0. The fraction of sp³-hybridized carbons (Fsp3) is 0.143. The van der Waals surface area contributed by atoms with Crippen LogP contribution in [-0.4, -0.2) is 0 Å². The Bertz CT molecular complexity index is 593. The van der Waals surface area contributed by atoms with Crippen molar-refractivity contribution >= 4 is 0 Å². The minimum Gasteiger partial charge on any atom is -0.454 e. The van der Waals surface area contributed by atoms with Crippen molar-refractivity contribution in [3.05, 3.63) is 59.4 Å². The van der Waals surface area contributed by atoms with Crippen molar-refractivity contribution in [1.29, 1.82) is 0 Å². The van der Waals surface area contributed by atoms with Gasteiger partial charge in [0.1, 0.15) is 5.75 Å². The minimum absolute atomic E-state index is 0.265. The van der Waals surface area contributed by atoms with Crippen LogP contribution in [-0.2, 0) is 12.7 Å². The van der Waals surface area contributed by atoms with Crippen molar-refractivity contribution in [3.8, 4) is 11.5 Å². The molecule has 0 radical (unpaired) electrons. The molecule has 0 aromatic heterocycles. The zero-order chi connectivity index (χ0) is 14.8. The first kappa shape index (κ1) is 14.3. The van der Waals surface area contributed by atoms with E-state index in [-0.39, 0.29) is 5.75 Å². The monoisotopic (exact) mass is 285 g/mol. The van der Waals surface area contributed by atoms with E-state index in [1.165, 1.54) is 0 Å². The Hall–Kier alpha value is -2.08. The number of ether oxygens (including phenoxy) is 1. The molecule has 0 heterocycles. The summed E-state index contributed by atoms with van der Waals surface area (Å²) in [6.07, 6.45) is -4.58. The maximum absolute atomic E-state index is 13.6. The summed E-state index contributed by atoms with van der Waals surface area (Å²) in [6, 6.07) is 8.65. The predicted octanol–water partition coefficient (Wildman–Crippen LogP) is 4.10. The molecule has 6 heteroatoms. The number of halogens is 4. The Labute approximate surface area is 112 Å². The lowest BCUT2D eigenvalue weighted by atomic mass is 10.2. The molecule has 0 aliphatic carbocycles. The first-order valence-corrected chi connectivity index (χ1v) is 5.74. The second-order valence-electron chi connectivity index (χ2n) is 4.09. The zero-order valence-corrected chi connectivity index (χ0v) is 10.2. The topological polar surface area (TPSA) is 35.2 Å². The van der Waals surface area contributed by atoms with E-state index in [1.54, 1.807) is 24.3 Å². The fourth-order valence-electron chi connectivity index (χ4n) is 1.58. The van der Waals surface area contributed by atoms with Gasteiger partial charge in [0, 0.05) is 6.54 Å². The number of hydrogen-bond donors (Lipinski definition) is 1.